The largest absolute Gasteiger partial charge is 0.508 e. The second-order valence-electron chi connectivity index (χ2n) is 3.83. The van der Waals surface area contributed by atoms with E-state index in [0.717, 1.165) is 12.1 Å². The van der Waals surface area contributed by atoms with Crippen molar-refractivity contribution in [2.75, 3.05) is 13.2 Å². The summed E-state index contributed by atoms with van der Waals surface area (Å²) >= 11 is 0. The summed E-state index contributed by atoms with van der Waals surface area (Å²) in [5, 5.41) is 12.4. The molecule has 0 saturated carbocycles. The van der Waals surface area contributed by atoms with Crippen molar-refractivity contribution in [1.82, 2.24) is 5.32 Å². The number of phenols is 1. The van der Waals surface area contributed by atoms with Gasteiger partial charge in [0.2, 0.25) is 0 Å². The predicted octanol–water partition coefficient (Wildman–Crippen LogP) is 1.91. The average molecular weight is 209 g/mol. The molecule has 1 rings (SSSR count). The lowest BCUT2D eigenvalue weighted by Gasteiger charge is -2.08. The average Bonchev–Trinajstić information content (AvgIpc) is 2.20. The van der Waals surface area contributed by atoms with Crippen molar-refractivity contribution in [3.8, 4) is 5.75 Å². The minimum Gasteiger partial charge on any atom is -0.508 e. The SMILES string of the molecule is CC(C)NCCOCc1ccc(O)cc1. The first-order valence-corrected chi connectivity index (χ1v) is 5.27. The fourth-order valence-electron chi connectivity index (χ4n) is 1.20. The Morgan fingerprint density at radius 2 is 1.93 bits per heavy atom. The van der Waals surface area contributed by atoms with Crippen LogP contribution in [0.5, 0.6) is 5.75 Å². The van der Waals surface area contributed by atoms with E-state index in [1.165, 1.54) is 0 Å². The van der Waals surface area contributed by atoms with Crippen LogP contribution in [0.1, 0.15) is 19.4 Å². The van der Waals surface area contributed by atoms with Gasteiger partial charge in [-0.1, -0.05) is 26.0 Å². The molecule has 0 fully saturated rings. The molecule has 2 N–H and O–H groups in total. The molecule has 0 aliphatic heterocycles. The first-order chi connectivity index (χ1) is 7.18. The molecule has 84 valence electrons. The molecule has 0 spiro atoms. The van der Waals surface area contributed by atoms with E-state index in [2.05, 4.69) is 19.2 Å². The summed E-state index contributed by atoms with van der Waals surface area (Å²) in [5.74, 6) is 0.292. The fraction of sp³-hybridized carbons (Fsp3) is 0.500. The Bertz CT molecular complexity index is 269. The molecular formula is C12H19NO2. The van der Waals surface area contributed by atoms with E-state index < -0.39 is 0 Å². The maximum Gasteiger partial charge on any atom is 0.115 e. The van der Waals surface area contributed by atoms with E-state index in [9.17, 15) is 0 Å². The van der Waals surface area contributed by atoms with Crippen LogP contribution >= 0.6 is 0 Å². The van der Waals surface area contributed by atoms with Crippen LogP contribution in [-0.2, 0) is 11.3 Å². The molecule has 0 radical (unpaired) electrons. The molecule has 0 aromatic heterocycles. The maximum atomic E-state index is 9.08. The Morgan fingerprint density at radius 3 is 2.53 bits per heavy atom. The van der Waals surface area contributed by atoms with Crippen molar-refractivity contribution < 1.29 is 9.84 Å². The van der Waals surface area contributed by atoms with E-state index in [1.807, 2.05) is 12.1 Å². The van der Waals surface area contributed by atoms with Gasteiger partial charge in [-0.05, 0) is 17.7 Å². The molecule has 0 atom stereocenters. The summed E-state index contributed by atoms with van der Waals surface area (Å²) in [6, 6.07) is 7.58. The van der Waals surface area contributed by atoms with Crippen molar-refractivity contribution in [3.05, 3.63) is 29.8 Å². The van der Waals surface area contributed by atoms with Crippen LogP contribution in [0.25, 0.3) is 0 Å². The number of rotatable bonds is 6. The highest BCUT2D eigenvalue weighted by atomic mass is 16.5. The summed E-state index contributed by atoms with van der Waals surface area (Å²) in [7, 11) is 0. The Labute approximate surface area is 91.1 Å². The molecule has 0 aliphatic rings. The van der Waals surface area contributed by atoms with Crippen LogP contribution < -0.4 is 5.32 Å². The summed E-state index contributed by atoms with van der Waals surface area (Å²) in [5.41, 5.74) is 1.08. The van der Waals surface area contributed by atoms with Gasteiger partial charge in [-0.3, -0.25) is 0 Å². The normalized spacial score (nSPS) is 10.9. The van der Waals surface area contributed by atoms with Gasteiger partial charge in [0.25, 0.3) is 0 Å². The van der Waals surface area contributed by atoms with Crippen molar-refractivity contribution in [1.29, 1.82) is 0 Å². The molecule has 1 aromatic rings. The van der Waals surface area contributed by atoms with Crippen LogP contribution in [-0.4, -0.2) is 24.3 Å². The van der Waals surface area contributed by atoms with Crippen molar-refractivity contribution in [2.45, 2.75) is 26.5 Å². The van der Waals surface area contributed by atoms with Gasteiger partial charge in [-0.15, -0.1) is 0 Å². The number of nitrogens with one attached hydrogen (secondary N) is 1. The number of phenolic OH excluding ortho intramolecular Hbond substituents is 1. The first-order valence-electron chi connectivity index (χ1n) is 5.27. The maximum absolute atomic E-state index is 9.08. The molecule has 0 bridgehead atoms. The highest BCUT2D eigenvalue weighted by molar-refractivity contribution is 5.25. The Morgan fingerprint density at radius 1 is 1.27 bits per heavy atom. The van der Waals surface area contributed by atoms with E-state index in [4.69, 9.17) is 9.84 Å². The standard InChI is InChI=1S/C12H19NO2/c1-10(2)13-7-8-15-9-11-3-5-12(14)6-4-11/h3-6,10,13-14H,7-9H2,1-2H3. The quantitative estimate of drug-likeness (QED) is 0.703. The zero-order valence-electron chi connectivity index (χ0n) is 9.36. The first kappa shape index (κ1) is 12.0. The molecule has 3 heteroatoms. The lowest BCUT2D eigenvalue weighted by atomic mass is 10.2. The van der Waals surface area contributed by atoms with Crippen molar-refractivity contribution in [3.63, 3.8) is 0 Å². The van der Waals surface area contributed by atoms with Gasteiger partial charge in [0.05, 0.1) is 13.2 Å². The highest BCUT2D eigenvalue weighted by Gasteiger charge is 1.94. The molecular weight excluding hydrogens is 190 g/mol. The topological polar surface area (TPSA) is 41.5 Å². The van der Waals surface area contributed by atoms with E-state index in [1.54, 1.807) is 12.1 Å². The third kappa shape index (κ3) is 5.40. The van der Waals surface area contributed by atoms with Crippen molar-refractivity contribution in [2.24, 2.45) is 0 Å². The summed E-state index contributed by atoms with van der Waals surface area (Å²) < 4.78 is 5.47. The Kier molecular flexibility index (Phi) is 5.15. The van der Waals surface area contributed by atoms with Crippen LogP contribution in [0.3, 0.4) is 0 Å². The van der Waals surface area contributed by atoms with Gasteiger partial charge < -0.3 is 15.2 Å². The molecule has 0 unspecified atom stereocenters. The van der Waals surface area contributed by atoms with Gasteiger partial charge in [0, 0.05) is 12.6 Å². The van der Waals surface area contributed by atoms with Gasteiger partial charge >= 0.3 is 0 Å². The Balaban J connectivity index is 2.12. The Hall–Kier alpha value is -1.06. The zero-order chi connectivity index (χ0) is 11.1. The number of benzene rings is 1. The lowest BCUT2D eigenvalue weighted by molar-refractivity contribution is 0.121. The third-order valence-corrected chi connectivity index (χ3v) is 2.00. The van der Waals surface area contributed by atoms with Gasteiger partial charge in [0.1, 0.15) is 5.75 Å². The fourth-order valence-corrected chi connectivity index (χ4v) is 1.20. The molecule has 0 saturated heterocycles. The van der Waals surface area contributed by atoms with E-state index in [-0.39, 0.29) is 0 Å². The van der Waals surface area contributed by atoms with Gasteiger partial charge in [-0.25, -0.2) is 0 Å². The number of hydrogen-bond acceptors (Lipinski definition) is 3. The second-order valence-corrected chi connectivity index (χ2v) is 3.83. The number of ether oxygens (including phenoxy) is 1. The van der Waals surface area contributed by atoms with Crippen LogP contribution in [0.15, 0.2) is 24.3 Å². The third-order valence-electron chi connectivity index (χ3n) is 2.00. The molecule has 1 aromatic carbocycles. The van der Waals surface area contributed by atoms with Gasteiger partial charge in [-0.2, -0.15) is 0 Å². The van der Waals surface area contributed by atoms with Crippen LogP contribution in [0.4, 0.5) is 0 Å². The smallest absolute Gasteiger partial charge is 0.115 e. The minimum atomic E-state index is 0.292. The second kappa shape index (κ2) is 6.43. The number of aromatic hydroxyl groups is 1. The zero-order valence-corrected chi connectivity index (χ0v) is 9.36. The molecule has 0 amide bonds. The summed E-state index contributed by atoms with van der Waals surface area (Å²) in [6.45, 7) is 6.40. The highest BCUT2D eigenvalue weighted by Crippen LogP contribution is 2.09. The monoisotopic (exact) mass is 209 g/mol. The summed E-state index contributed by atoms with van der Waals surface area (Å²) in [4.78, 5) is 0. The molecule has 0 heterocycles. The van der Waals surface area contributed by atoms with Crippen LogP contribution in [0, 0.1) is 0 Å². The molecule has 15 heavy (non-hydrogen) atoms. The molecule has 0 aliphatic carbocycles. The van der Waals surface area contributed by atoms with Crippen LogP contribution in [0.2, 0.25) is 0 Å². The number of hydrogen-bond donors (Lipinski definition) is 2. The summed E-state index contributed by atoms with van der Waals surface area (Å²) in [6.07, 6.45) is 0. The molecule has 3 nitrogen and oxygen atoms in total. The van der Waals surface area contributed by atoms with Crippen molar-refractivity contribution >= 4 is 0 Å². The minimum absolute atomic E-state index is 0.292. The van der Waals surface area contributed by atoms with E-state index in [0.29, 0.717) is 25.0 Å². The van der Waals surface area contributed by atoms with Gasteiger partial charge in [0.15, 0.2) is 0 Å². The lowest BCUT2D eigenvalue weighted by Crippen LogP contribution is -2.26. The predicted molar refractivity (Wildman–Crippen MR) is 60.9 cm³/mol. The van der Waals surface area contributed by atoms with E-state index >= 15 is 0 Å².